The van der Waals surface area contributed by atoms with Gasteiger partial charge in [0.25, 0.3) is 0 Å². The minimum absolute atomic E-state index is 0.0151. The minimum atomic E-state index is -0.0543. The van der Waals surface area contributed by atoms with Gasteiger partial charge in [0.1, 0.15) is 0 Å². The third-order valence-electron chi connectivity index (χ3n) is 1.50. The minimum Gasteiger partial charge on any atom is -0.376 e. The van der Waals surface area contributed by atoms with Gasteiger partial charge in [-0.3, -0.25) is 0 Å². The van der Waals surface area contributed by atoms with Gasteiger partial charge in [0.2, 0.25) is 0 Å². The Morgan fingerprint density at radius 2 is 1.58 bits per heavy atom. The first-order valence-electron chi connectivity index (χ1n) is 4.64. The summed E-state index contributed by atoms with van der Waals surface area (Å²) in [5.74, 6) is 0. The van der Waals surface area contributed by atoms with E-state index in [1.807, 2.05) is 13.8 Å². The molecule has 12 heavy (non-hydrogen) atoms. The Balaban J connectivity index is 3.35. The molecule has 0 spiro atoms. The summed E-state index contributed by atoms with van der Waals surface area (Å²) in [5.41, 5.74) is 5.76. The highest BCUT2D eigenvalue weighted by atomic mass is 16.5. The molecule has 0 rings (SSSR count). The van der Waals surface area contributed by atoms with E-state index in [1.165, 1.54) is 0 Å². The summed E-state index contributed by atoms with van der Waals surface area (Å²) in [6.45, 7) is 11.1. The van der Waals surface area contributed by atoms with Gasteiger partial charge in [0.15, 0.2) is 0 Å². The number of rotatable bonds is 4. The quantitative estimate of drug-likeness (QED) is 0.662. The predicted octanol–water partition coefficient (Wildman–Crippen LogP) is 2.32. The summed E-state index contributed by atoms with van der Waals surface area (Å²) in [7, 11) is 0. The van der Waals surface area contributed by atoms with E-state index in [2.05, 4.69) is 20.8 Å². The zero-order valence-corrected chi connectivity index (χ0v) is 9.11. The molecule has 0 atom stereocenters. The fourth-order valence-corrected chi connectivity index (χ4v) is 0.906. The second kappa shape index (κ2) is 4.24. The summed E-state index contributed by atoms with van der Waals surface area (Å²) < 4.78 is 5.57. The van der Waals surface area contributed by atoms with Crippen LogP contribution in [0.1, 0.15) is 47.5 Å². The van der Waals surface area contributed by atoms with Crippen molar-refractivity contribution >= 4 is 0 Å². The maximum Gasteiger partial charge on any atom is 0.0598 e. The lowest BCUT2D eigenvalue weighted by atomic mass is 10.0. The van der Waals surface area contributed by atoms with Crippen molar-refractivity contribution in [2.75, 3.05) is 6.61 Å². The monoisotopic (exact) mass is 173 g/mol. The fourth-order valence-electron chi connectivity index (χ4n) is 0.906. The molecule has 0 aliphatic rings. The lowest BCUT2D eigenvalue weighted by molar-refractivity contribution is -0.00600. The highest BCUT2D eigenvalue weighted by molar-refractivity contribution is 4.71. The highest BCUT2D eigenvalue weighted by Gasteiger charge is 2.12. The molecule has 0 saturated carbocycles. The van der Waals surface area contributed by atoms with Crippen molar-refractivity contribution in [1.29, 1.82) is 0 Å². The Hall–Kier alpha value is -0.0800. The largest absolute Gasteiger partial charge is 0.376 e. The van der Waals surface area contributed by atoms with E-state index >= 15 is 0 Å². The van der Waals surface area contributed by atoms with Crippen LogP contribution in [0.15, 0.2) is 0 Å². The maximum absolute atomic E-state index is 5.83. The van der Waals surface area contributed by atoms with E-state index in [9.17, 15) is 0 Å². The third kappa shape index (κ3) is 9.92. The molecule has 0 aliphatic heterocycles. The molecule has 2 nitrogen and oxygen atoms in total. The van der Waals surface area contributed by atoms with Crippen molar-refractivity contribution < 1.29 is 4.74 Å². The highest BCUT2D eigenvalue weighted by Crippen LogP contribution is 2.11. The average Bonchev–Trinajstić information content (AvgIpc) is 1.76. The van der Waals surface area contributed by atoms with Crippen LogP contribution >= 0.6 is 0 Å². The summed E-state index contributed by atoms with van der Waals surface area (Å²) in [4.78, 5) is 0. The predicted molar refractivity (Wildman–Crippen MR) is 53.2 cm³/mol. The van der Waals surface area contributed by atoms with Crippen LogP contribution in [0, 0.1) is 0 Å². The molecule has 0 aromatic heterocycles. The van der Waals surface area contributed by atoms with Gasteiger partial charge in [-0.1, -0.05) is 0 Å². The van der Waals surface area contributed by atoms with Gasteiger partial charge >= 0.3 is 0 Å². The molecule has 0 saturated heterocycles. The summed E-state index contributed by atoms with van der Waals surface area (Å²) >= 11 is 0. The molecule has 0 amide bonds. The van der Waals surface area contributed by atoms with Gasteiger partial charge in [0, 0.05) is 12.1 Å². The van der Waals surface area contributed by atoms with Crippen molar-refractivity contribution in [2.45, 2.75) is 58.6 Å². The normalized spacial score (nSPS) is 13.5. The summed E-state index contributed by atoms with van der Waals surface area (Å²) in [5, 5.41) is 0. The zero-order chi connectivity index (χ0) is 9.83. The van der Waals surface area contributed by atoms with E-state index < -0.39 is 0 Å². The van der Waals surface area contributed by atoms with E-state index in [4.69, 9.17) is 10.5 Å². The van der Waals surface area contributed by atoms with Crippen LogP contribution in [0.5, 0.6) is 0 Å². The van der Waals surface area contributed by atoms with Gasteiger partial charge in [-0.05, 0) is 47.5 Å². The smallest absolute Gasteiger partial charge is 0.0598 e. The van der Waals surface area contributed by atoms with Crippen LogP contribution in [-0.4, -0.2) is 17.7 Å². The first kappa shape index (κ1) is 11.9. The molecular formula is C10H23NO. The SMILES string of the molecule is CC(C)(N)CCCOC(C)(C)C. The number of hydrogen-bond donors (Lipinski definition) is 1. The molecule has 0 radical (unpaired) electrons. The third-order valence-corrected chi connectivity index (χ3v) is 1.50. The van der Waals surface area contributed by atoms with Crippen molar-refractivity contribution in [2.24, 2.45) is 5.73 Å². The van der Waals surface area contributed by atoms with Crippen LogP contribution in [0.2, 0.25) is 0 Å². The van der Waals surface area contributed by atoms with Crippen LogP contribution in [0.25, 0.3) is 0 Å². The number of hydrogen-bond acceptors (Lipinski definition) is 2. The molecule has 0 aromatic carbocycles. The van der Waals surface area contributed by atoms with Crippen molar-refractivity contribution in [3.8, 4) is 0 Å². The molecule has 74 valence electrons. The van der Waals surface area contributed by atoms with Crippen LogP contribution in [0.3, 0.4) is 0 Å². The molecule has 0 bridgehead atoms. The molecule has 0 unspecified atom stereocenters. The summed E-state index contributed by atoms with van der Waals surface area (Å²) in [6, 6.07) is 0. The standard InChI is InChI=1S/C10H23NO/c1-9(2,3)12-8-6-7-10(4,5)11/h6-8,11H2,1-5H3. The van der Waals surface area contributed by atoms with Crippen molar-refractivity contribution in [1.82, 2.24) is 0 Å². The lowest BCUT2D eigenvalue weighted by Gasteiger charge is -2.22. The Morgan fingerprint density at radius 3 is 1.92 bits per heavy atom. The topological polar surface area (TPSA) is 35.2 Å². The fraction of sp³-hybridized carbons (Fsp3) is 1.00. The molecule has 0 aromatic rings. The second-order valence-corrected chi connectivity index (χ2v) is 5.05. The summed E-state index contributed by atoms with van der Waals surface area (Å²) in [6.07, 6.45) is 2.06. The van der Waals surface area contributed by atoms with Crippen molar-refractivity contribution in [3.63, 3.8) is 0 Å². The van der Waals surface area contributed by atoms with Crippen molar-refractivity contribution in [3.05, 3.63) is 0 Å². The Kier molecular flexibility index (Phi) is 4.21. The number of nitrogens with two attached hydrogens (primary N) is 1. The van der Waals surface area contributed by atoms with Crippen LogP contribution in [-0.2, 0) is 4.74 Å². The molecule has 2 heteroatoms. The molecule has 0 heterocycles. The second-order valence-electron chi connectivity index (χ2n) is 5.05. The van der Waals surface area contributed by atoms with Gasteiger partial charge < -0.3 is 10.5 Å². The molecule has 0 fully saturated rings. The van der Waals surface area contributed by atoms with Gasteiger partial charge in [-0.15, -0.1) is 0 Å². The lowest BCUT2D eigenvalue weighted by Crippen LogP contribution is -2.32. The first-order valence-corrected chi connectivity index (χ1v) is 4.64. The number of ether oxygens (including phenoxy) is 1. The molecule has 2 N–H and O–H groups in total. The first-order chi connectivity index (χ1) is 5.21. The van der Waals surface area contributed by atoms with Gasteiger partial charge in [-0.2, -0.15) is 0 Å². The Bertz CT molecular complexity index is 103. The van der Waals surface area contributed by atoms with Gasteiger partial charge in [0.05, 0.1) is 5.60 Å². The maximum atomic E-state index is 5.83. The van der Waals surface area contributed by atoms with Gasteiger partial charge in [-0.25, -0.2) is 0 Å². The van der Waals surface area contributed by atoms with E-state index in [1.54, 1.807) is 0 Å². The van der Waals surface area contributed by atoms with E-state index in [0.717, 1.165) is 19.4 Å². The van der Waals surface area contributed by atoms with Crippen LogP contribution < -0.4 is 5.73 Å². The average molecular weight is 173 g/mol. The zero-order valence-electron chi connectivity index (χ0n) is 9.11. The molecule has 0 aliphatic carbocycles. The van der Waals surface area contributed by atoms with E-state index in [-0.39, 0.29) is 11.1 Å². The van der Waals surface area contributed by atoms with Crippen LogP contribution in [0.4, 0.5) is 0 Å². The van der Waals surface area contributed by atoms with E-state index in [0.29, 0.717) is 0 Å². The Labute approximate surface area is 76.5 Å². The molecular weight excluding hydrogens is 150 g/mol. The Morgan fingerprint density at radius 1 is 1.08 bits per heavy atom.